The van der Waals surface area contributed by atoms with Crippen LogP contribution in [0.2, 0.25) is 0 Å². The summed E-state index contributed by atoms with van der Waals surface area (Å²) >= 11 is 1.67. The summed E-state index contributed by atoms with van der Waals surface area (Å²) in [6.45, 7) is 1.34. The first kappa shape index (κ1) is 11.5. The lowest BCUT2D eigenvalue weighted by molar-refractivity contribution is -0.144. The molecule has 0 atom stereocenters. The van der Waals surface area contributed by atoms with Crippen LogP contribution < -0.4 is 0 Å². The molecule has 1 aliphatic rings. The van der Waals surface area contributed by atoms with E-state index in [0.717, 1.165) is 17.7 Å². The zero-order valence-corrected chi connectivity index (χ0v) is 10.1. The fraction of sp³-hybridized carbons (Fsp3) is 0.417. The van der Waals surface area contributed by atoms with E-state index in [4.69, 9.17) is 4.84 Å². The Balaban J connectivity index is 2.07. The van der Waals surface area contributed by atoms with Crippen LogP contribution in [-0.4, -0.2) is 30.4 Å². The molecule has 1 aliphatic heterocycles. The third kappa shape index (κ3) is 2.57. The van der Waals surface area contributed by atoms with Crippen LogP contribution in [0.15, 0.2) is 29.2 Å². The second kappa shape index (κ2) is 5.37. The monoisotopic (exact) mass is 237 g/mol. The van der Waals surface area contributed by atoms with Gasteiger partial charge >= 0.3 is 0 Å². The van der Waals surface area contributed by atoms with Crippen LogP contribution >= 0.6 is 11.8 Å². The first-order chi connectivity index (χ1) is 7.81. The Morgan fingerprint density at radius 1 is 1.31 bits per heavy atom. The Labute approximate surface area is 99.7 Å². The largest absolute Gasteiger partial charge is 0.277 e. The molecule has 0 aromatic heterocycles. The molecular formula is C12H15NO2S. The number of amides is 1. The van der Waals surface area contributed by atoms with Crippen molar-refractivity contribution in [2.75, 3.05) is 19.4 Å². The van der Waals surface area contributed by atoms with Crippen LogP contribution in [0.3, 0.4) is 0 Å². The van der Waals surface area contributed by atoms with Gasteiger partial charge in [0.2, 0.25) is 0 Å². The molecule has 1 fully saturated rings. The minimum Gasteiger partial charge on any atom is -0.271 e. The number of hydrogen-bond donors (Lipinski definition) is 0. The van der Waals surface area contributed by atoms with Gasteiger partial charge in [0.1, 0.15) is 0 Å². The predicted molar refractivity (Wildman–Crippen MR) is 64.4 cm³/mol. The fourth-order valence-electron chi connectivity index (χ4n) is 1.63. The van der Waals surface area contributed by atoms with Gasteiger partial charge in [0, 0.05) is 17.0 Å². The lowest BCUT2D eigenvalue weighted by Crippen LogP contribution is -2.35. The van der Waals surface area contributed by atoms with Gasteiger partial charge in [0.25, 0.3) is 5.91 Å². The molecule has 16 heavy (non-hydrogen) atoms. The summed E-state index contributed by atoms with van der Waals surface area (Å²) in [7, 11) is 0. The van der Waals surface area contributed by atoms with Gasteiger partial charge in [-0.15, -0.1) is 11.8 Å². The fourth-order valence-corrected chi connectivity index (χ4v) is 2.04. The zero-order chi connectivity index (χ0) is 11.4. The number of carbonyl (C=O) groups excluding carboxylic acids is 1. The van der Waals surface area contributed by atoms with E-state index >= 15 is 0 Å². The smallest absolute Gasteiger partial charge is 0.271 e. The van der Waals surface area contributed by atoms with Gasteiger partial charge in [-0.3, -0.25) is 9.63 Å². The Bertz CT molecular complexity index is 358. The summed E-state index contributed by atoms with van der Waals surface area (Å²) in [5, 5.41) is 1.47. The maximum absolute atomic E-state index is 12.0. The molecule has 1 heterocycles. The Kier molecular flexibility index (Phi) is 3.85. The Hall–Kier alpha value is -1.00. The number of carbonyl (C=O) groups is 1. The van der Waals surface area contributed by atoms with Crippen LogP contribution in [0.5, 0.6) is 0 Å². The highest BCUT2D eigenvalue weighted by Crippen LogP contribution is 2.17. The predicted octanol–water partition coefficient (Wildman–Crippen LogP) is 2.58. The molecule has 0 aliphatic carbocycles. The second-order valence-corrected chi connectivity index (χ2v) is 4.56. The van der Waals surface area contributed by atoms with E-state index in [2.05, 4.69) is 0 Å². The van der Waals surface area contributed by atoms with E-state index in [1.165, 1.54) is 5.06 Å². The summed E-state index contributed by atoms with van der Waals surface area (Å²) in [5.74, 6) is -0.0349. The van der Waals surface area contributed by atoms with E-state index in [1.807, 2.05) is 30.5 Å². The van der Waals surface area contributed by atoms with Crippen molar-refractivity contribution in [3.05, 3.63) is 29.8 Å². The molecule has 0 radical (unpaired) electrons. The van der Waals surface area contributed by atoms with E-state index in [0.29, 0.717) is 18.7 Å². The van der Waals surface area contributed by atoms with Gasteiger partial charge in [0.15, 0.2) is 0 Å². The molecule has 0 bridgehead atoms. The van der Waals surface area contributed by atoms with Crippen molar-refractivity contribution in [1.29, 1.82) is 0 Å². The third-order valence-corrected chi connectivity index (χ3v) is 3.31. The molecule has 0 N–H and O–H groups in total. The van der Waals surface area contributed by atoms with Gasteiger partial charge in [-0.1, -0.05) is 0 Å². The molecule has 0 spiro atoms. The van der Waals surface area contributed by atoms with Crippen molar-refractivity contribution < 1.29 is 9.63 Å². The molecule has 86 valence electrons. The van der Waals surface area contributed by atoms with Crippen molar-refractivity contribution >= 4 is 17.7 Å². The number of rotatable bonds is 2. The molecule has 2 rings (SSSR count). The van der Waals surface area contributed by atoms with Gasteiger partial charge < -0.3 is 0 Å². The van der Waals surface area contributed by atoms with Gasteiger partial charge in [0.05, 0.1) is 6.61 Å². The van der Waals surface area contributed by atoms with E-state index in [1.54, 1.807) is 11.8 Å². The number of nitrogens with zero attached hydrogens (tertiary/aromatic N) is 1. The summed E-state index contributed by atoms with van der Waals surface area (Å²) < 4.78 is 0. The first-order valence-electron chi connectivity index (χ1n) is 5.40. The van der Waals surface area contributed by atoms with Crippen LogP contribution in [0.25, 0.3) is 0 Å². The van der Waals surface area contributed by atoms with Crippen molar-refractivity contribution in [1.82, 2.24) is 5.06 Å². The highest BCUT2D eigenvalue weighted by Gasteiger charge is 2.18. The Morgan fingerprint density at radius 3 is 2.62 bits per heavy atom. The van der Waals surface area contributed by atoms with Crippen LogP contribution in [-0.2, 0) is 4.84 Å². The normalized spacial score (nSPS) is 16.2. The van der Waals surface area contributed by atoms with Gasteiger partial charge in [-0.2, -0.15) is 0 Å². The Morgan fingerprint density at radius 2 is 2.06 bits per heavy atom. The summed E-state index contributed by atoms with van der Waals surface area (Å²) in [4.78, 5) is 18.5. The average molecular weight is 237 g/mol. The standard InChI is InChI=1S/C12H15NO2S/c1-16-11-6-4-10(5-7-11)12(14)13-8-2-3-9-15-13/h4-7H,2-3,8-9H2,1H3. The summed E-state index contributed by atoms with van der Waals surface area (Å²) in [6, 6.07) is 7.63. The summed E-state index contributed by atoms with van der Waals surface area (Å²) in [6.07, 6.45) is 4.08. The molecule has 1 aromatic rings. The topological polar surface area (TPSA) is 29.5 Å². The molecule has 0 saturated carbocycles. The van der Waals surface area contributed by atoms with Crippen molar-refractivity contribution in [3.8, 4) is 0 Å². The minimum absolute atomic E-state index is 0.0349. The molecular weight excluding hydrogens is 222 g/mol. The lowest BCUT2D eigenvalue weighted by Gasteiger charge is -2.25. The average Bonchev–Trinajstić information content (AvgIpc) is 2.39. The van der Waals surface area contributed by atoms with Crippen LogP contribution in [0, 0.1) is 0 Å². The van der Waals surface area contributed by atoms with Crippen LogP contribution in [0.4, 0.5) is 0 Å². The van der Waals surface area contributed by atoms with Crippen molar-refractivity contribution in [2.24, 2.45) is 0 Å². The maximum Gasteiger partial charge on any atom is 0.277 e. The number of hydroxylamine groups is 2. The third-order valence-electron chi connectivity index (χ3n) is 2.57. The molecule has 4 heteroatoms. The van der Waals surface area contributed by atoms with Crippen molar-refractivity contribution in [2.45, 2.75) is 17.7 Å². The SMILES string of the molecule is CSc1ccc(C(=O)N2CCCCO2)cc1. The van der Waals surface area contributed by atoms with Crippen LogP contribution in [0.1, 0.15) is 23.2 Å². The molecule has 1 aromatic carbocycles. The second-order valence-electron chi connectivity index (χ2n) is 3.68. The highest BCUT2D eigenvalue weighted by atomic mass is 32.2. The van der Waals surface area contributed by atoms with E-state index in [-0.39, 0.29) is 5.91 Å². The number of thioether (sulfide) groups is 1. The van der Waals surface area contributed by atoms with Gasteiger partial charge in [-0.05, 0) is 43.4 Å². The molecule has 3 nitrogen and oxygen atoms in total. The number of benzene rings is 1. The van der Waals surface area contributed by atoms with Gasteiger partial charge in [-0.25, -0.2) is 5.06 Å². The highest BCUT2D eigenvalue weighted by molar-refractivity contribution is 7.98. The minimum atomic E-state index is -0.0349. The maximum atomic E-state index is 12.0. The first-order valence-corrected chi connectivity index (χ1v) is 6.62. The van der Waals surface area contributed by atoms with Crippen molar-refractivity contribution in [3.63, 3.8) is 0 Å². The molecule has 1 saturated heterocycles. The lowest BCUT2D eigenvalue weighted by atomic mass is 10.2. The molecule has 1 amide bonds. The quantitative estimate of drug-likeness (QED) is 0.740. The molecule has 0 unspecified atom stereocenters. The zero-order valence-electron chi connectivity index (χ0n) is 9.31. The summed E-state index contributed by atoms with van der Waals surface area (Å²) in [5.41, 5.74) is 0.694. The van der Waals surface area contributed by atoms with E-state index in [9.17, 15) is 4.79 Å². The number of hydrogen-bond acceptors (Lipinski definition) is 3. The van der Waals surface area contributed by atoms with E-state index < -0.39 is 0 Å².